The normalized spacial score (nSPS) is 13.0. The molecule has 0 aromatic heterocycles. The average molecular weight is 240 g/mol. The third-order valence-electron chi connectivity index (χ3n) is 1.70. The highest BCUT2D eigenvalue weighted by molar-refractivity contribution is 6.44. The van der Waals surface area contributed by atoms with E-state index in [2.05, 4.69) is 0 Å². The van der Waals surface area contributed by atoms with E-state index in [1.165, 1.54) is 0 Å². The number of halogens is 3. The number of nitrogens with two attached hydrogens (primary N) is 2. The van der Waals surface area contributed by atoms with E-state index in [1.54, 1.807) is 12.1 Å². The highest BCUT2D eigenvalue weighted by Gasteiger charge is 2.14. The summed E-state index contributed by atoms with van der Waals surface area (Å²) >= 11 is 17.6. The van der Waals surface area contributed by atoms with Crippen molar-refractivity contribution >= 4 is 34.8 Å². The monoisotopic (exact) mass is 238 g/mol. The van der Waals surface area contributed by atoms with Gasteiger partial charge in [0.2, 0.25) is 0 Å². The van der Waals surface area contributed by atoms with E-state index < -0.39 is 0 Å². The SMILES string of the molecule is NC[C@H](N)c1c(Cl)ccc(Cl)c1Cl. The van der Waals surface area contributed by atoms with Crippen molar-refractivity contribution in [1.29, 1.82) is 0 Å². The molecule has 0 spiro atoms. The second-order valence-electron chi connectivity index (χ2n) is 2.60. The first-order valence-electron chi connectivity index (χ1n) is 3.67. The molecule has 5 heteroatoms. The fourth-order valence-electron chi connectivity index (χ4n) is 1.00. The van der Waals surface area contributed by atoms with Gasteiger partial charge >= 0.3 is 0 Å². The van der Waals surface area contributed by atoms with Crippen LogP contribution in [0.3, 0.4) is 0 Å². The largest absolute Gasteiger partial charge is 0.329 e. The molecular weight excluding hydrogens is 230 g/mol. The molecule has 4 N–H and O–H groups in total. The van der Waals surface area contributed by atoms with E-state index in [0.717, 1.165) is 0 Å². The van der Waals surface area contributed by atoms with Crippen molar-refractivity contribution in [3.8, 4) is 0 Å². The molecule has 0 aliphatic rings. The molecule has 0 heterocycles. The van der Waals surface area contributed by atoms with Crippen LogP contribution in [0.2, 0.25) is 15.1 Å². The molecule has 0 amide bonds. The standard InChI is InChI=1S/C8H9Cl3N2/c9-4-1-2-5(10)8(11)7(4)6(13)3-12/h1-2,6H,3,12-13H2/t6-/m0/s1. The third-order valence-corrected chi connectivity index (χ3v) is 2.85. The molecule has 0 fully saturated rings. The van der Waals surface area contributed by atoms with Gasteiger partial charge in [0.05, 0.1) is 10.0 Å². The highest BCUT2D eigenvalue weighted by atomic mass is 35.5. The molecule has 0 saturated heterocycles. The molecular formula is C8H9Cl3N2. The van der Waals surface area contributed by atoms with E-state index >= 15 is 0 Å². The summed E-state index contributed by atoms with van der Waals surface area (Å²) in [7, 11) is 0. The Morgan fingerprint density at radius 3 is 2.23 bits per heavy atom. The molecule has 1 aromatic carbocycles. The summed E-state index contributed by atoms with van der Waals surface area (Å²) in [5.41, 5.74) is 11.7. The second-order valence-corrected chi connectivity index (χ2v) is 3.79. The fourth-order valence-corrected chi connectivity index (χ4v) is 1.82. The molecule has 1 aromatic rings. The Labute approximate surface area is 91.8 Å². The van der Waals surface area contributed by atoms with Crippen LogP contribution in [0, 0.1) is 0 Å². The lowest BCUT2D eigenvalue weighted by atomic mass is 10.1. The van der Waals surface area contributed by atoms with Crippen LogP contribution in [0.25, 0.3) is 0 Å². The second kappa shape index (κ2) is 4.49. The Hall–Kier alpha value is 0.01000. The van der Waals surface area contributed by atoms with Crippen molar-refractivity contribution in [2.45, 2.75) is 6.04 Å². The van der Waals surface area contributed by atoms with Gasteiger partial charge in [-0.05, 0) is 12.1 Å². The molecule has 0 radical (unpaired) electrons. The van der Waals surface area contributed by atoms with Crippen LogP contribution in [-0.2, 0) is 0 Å². The summed E-state index contributed by atoms with van der Waals surface area (Å²) in [4.78, 5) is 0. The highest BCUT2D eigenvalue weighted by Crippen LogP contribution is 2.34. The van der Waals surface area contributed by atoms with Crippen LogP contribution >= 0.6 is 34.8 Å². The predicted octanol–water partition coefficient (Wildman–Crippen LogP) is 2.61. The van der Waals surface area contributed by atoms with Gasteiger partial charge < -0.3 is 11.5 Å². The van der Waals surface area contributed by atoms with Gasteiger partial charge in [0.15, 0.2) is 0 Å². The first kappa shape index (κ1) is 11.1. The maximum atomic E-state index is 5.92. The molecule has 1 rings (SSSR count). The molecule has 2 nitrogen and oxygen atoms in total. The van der Waals surface area contributed by atoms with Crippen molar-refractivity contribution in [2.24, 2.45) is 11.5 Å². The Balaban J connectivity index is 3.25. The van der Waals surface area contributed by atoms with Gasteiger partial charge in [-0.15, -0.1) is 0 Å². The summed E-state index contributed by atoms with van der Waals surface area (Å²) < 4.78 is 0. The van der Waals surface area contributed by atoms with Gasteiger partial charge in [0, 0.05) is 23.2 Å². The topological polar surface area (TPSA) is 52.0 Å². The van der Waals surface area contributed by atoms with Crippen LogP contribution in [-0.4, -0.2) is 6.54 Å². The number of hydrogen-bond donors (Lipinski definition) is 2. The minimum absolute atomic E-state index is 0.278. The molecule has 0 saturated carbocycles. The van der Waals surface area contributed by atoms with E-state index in [1.807, 2.05) is 0 Å². The van der Waals surface area contributed by atoms with Crippen LogP contribution < -0.4 is 11.5 Å². The maximum Gasteiger partial charge on any atom is 0.0655 e. The fraction of sp³-hybridized carbons (Fsp3) is 0.250. The molecule has 13 heavy (non-hydrogen) atoms. The van der Waals surface area contributed by atoms with Gasteiger partial charge in [-0.2, -0.15) is 0 Å². The first-order chi connectivity index (χ1) is 6.07. The predicted molar refractivity (Wildman–Crippen MR) is 57.5 cm³/mol. The van der Waals surface area contributed by atoms with Crippen LogP contribution in [0.4, 0.5) is 0 Å². The summed E-state index contributed by atoms with van der Waals surface area (Å²) in [6.45, 7) is 0.278. The van der Waals surface area contributed by atoms with Crippen LogP contribution in [0.15, 0.2) is 12.1 Å². The van der Waals surface area contributed by atoms with Gasteiger partial charge in [-0.25, -0.2) is 0 Å². The van der Waals surface area contributed by atoms with E-state index in [4.69, 9.17) is 46.3 Å². The Morgan fingerprint density at radius 2 is 1.69 bits per heavy atom. The minimum Gasteiger partial charge on any atom is -0.329 e. The molecule has 0 aliphatic heterocycles. The minimum atomic E-state index is -0.376. The molecule has 1 atom stereocenters. The number of hydrogen-bond acceptors (Lipinski definition) is 2. The van der Waals surface area contributed by atoms with Crippen LogP contribution in [0.5, 0.6) is 0 Å². The Kier molecular flexibility index (Phi) is 3.83. The zero-order valence-electron chi connectivity index (χ0n) is 6.73. The summed E-state index contributed by atoms with van der Waals surface area (Å²) in [5, 5.41) is 1.31. The summed E-state index contributed by atoms with van der Waals surface area (Å²) in [6.07, 6.45) is 0. The van der Waals surface area contributed by atoms with Crippen molar-refractivity contribution in [3.05, 3.63) is 32.8 Å². The number of benzene rings is 1. The van der Waals surface area contributed by atoms with Crippen LogP contribution in [0.1, 0.15) is 11.6 Å². The maximum absolute atomic E-state index is 5.92. The van der Waals surface area contributed by atoms with Gasteiger partial charge in [0.1, 0.15) is 0 Å². The van der Waals surface area contributed by atoms with E-state index in [9.17, 15) is 0 Å². The van der Waals surface area contributed by atoms with Crippen molar-refractivity contribution in [1.82, 2.24) is 0 Å². The van der Waals surface area contributed by atoms with Crippen molar-refractivity contribution < 1.29 is 0 Å². The number of rotatable bonds is 2. The smallest absolute Gasteiger partial charge is 0.0655 e. The van der Waals surface area contributed by atoms with E-state index in [0.29, 0.717) is 20.6 Å². The molecule has 0 unspecified atom stereocenters. The average Bonchev–Trinajstić information content (AvgIpc) is 2.12. The third kappa shape index (κ3) is 2.27. The lowest BCUT2D eigenvalue weighted by molar-refractivity contribution is 0.737. The summed E-state index contributed by atoms with van der Waals surface area (Å²) in [5.74, 6) is 0. The Morgan fingerprint density at radius 1 is 1.15 bits per heavy atom. The van der Waals surface area contributed by atoms with Crippen molar-refractivity contribution in [3.63, 3.8) is 0 Å². The lowest BCUT2D eigenvalue weighted by Gasteiger charge is -2.13. The zero-order valence-corrected chi connectivity index (χ0v) is 9.00. The lowest BCUT2D eigenvalue weighted by Crippen LogP contribution is -2.21. The molecule has 0 bridgehead atoms. The molecule has 72 valence electrons. The van der Waals surface area contributed by atoms with Crippen molar-refractivity contribution in [2.75, 3.05) is 6.54 Å². The zero-order chi connectivity index (χ0) is 10.0. The molecule has 0 aliphatic carbocycles. The quantitative estimate of drug-likeness (QED) is 0.780. The van der Waals surface area contributed by atoms with Gasteiger partial charge in [0.25, 0.3) is 0 Å². The Bertz CT molecular complexity index is 315. The van der Waals surface area contributed by atoms with Gasteiger partial charge in [-0.1, -0.05) is 34.8 Å². The van der Waals surface area contributed by atoms with Gasteiger partial charge in [-0.3, -0.25) is 0 Å². The first-order valence-corrected chi connectivity index (χ1v) is 4.80. The summed E-state index contributed by atoms with van der Waals surface area (Å²) in [6, 6.07) is 2.90. The van der Waals surface area contributed by atoms with E-state index in [-0.39, 0.29) is 12.6 Å².